The third-order valence-electron chi connectivity index (χ3n) is 5.88. The normalized spacial score (nSPS) is 12.1. The average molecular weight is 450 g/mol. The Kier molecular flexibility index (Phi) is 5.97. The van der Waals surface area contributed by atoms with Gasteiger partial charge in [-0.3, -0.25) is 10.1 Å². The number of hydrogen-bond donors (Lipinski definition) is 3. The quantitative estimate of drug-likeness (QED) is 0.299. The second-order valence-electron chi connectivity index (χ2n) is 8.53. The van der Waals surface area contributed by atoms with Gasteiger partial charge in [0.1, 0.15) is 12.4 Å². The molecule has 0 aliphatic rings. The lowest BCUT2D eigenvalue weighted by Gasteiger charge is -2.16. The predicted molar refractivity (Wildman–Crippen MR) is 138 cm³/mol. The van der Waals surface area contributed by atoms with Crippen molar-refractivity contribution in [3.05, 3.63) is 96.3 Å². The first-order valence-corrected chi connectivity index (χ1v) is 11.3. The summed E-state index contributed by atoms with van der Waals surface area (Å²) in [4.78, 5) is 4.77. The lowest BCUT2D eigenvalue weighted by Crippen LogP contribution is -2.30. The lowest BCUT2D eigenvalue weighted by molar-refractivity contribution is 0.287. The van der Waals surface area contributed by atoms with Crippen molar-refractivity contribution in [2.24, 2.45) is 5.73 Å². The highest BCUT2D eigenvalue weighted by molar-refractivity contribution is 5.90. The molecule has 0 aliphatic heterocycles. The summed E-state index contributed by atoms with van der Waals surface area (Å²) in [6, 6.07) is 26.1. The van der Waals surface area contributed by atoms with Crippen LogP contribution in [0.25, 0.3) is 33.3 Å². The molecule has 2 aromatic heterocycles. The molecule has 0 spiro atoms. The van der Waals surface area contributed by atoms with Crippen LogP contribution in [0.15, 0.2) is 85.1 Å². The molecule has 5 rings (SSSR count). The number of ether oxygens (including phenoxy) is 1. The first kappa shape index (κ1) is 21.7. The second-order valence-corrected chi connectivity index (χ2v) is 8.53. The van der Waals surface area contributed by atoms with Gasteiger partial charge in [0.25, 0.3) is 0 Å². The van der Waals surface area contributed by atoms with Crippen LogP contribution in [0.4, 0.5) is 5.69 Å². The molecule has 0 aliphatic carbocycles. The maximum atomic E-state index is 6.34. The molecule has 0 saturated carbocycles. The summed E-state index contributed by atoms with van der Waals surface area (Å²) >= 11 is 0. The van der Waals surface area contributed by atoms with E-state index in [4.69, 9.17) is 21.2 Å². The van der Waals surface area contributed by atoms with Crippen LogP contribution in [0.5, 0.6) is 5.75 Å². The molecule has 5 N–H and O–H groups in total. The molecule has 5 aromatic rings. The van der Waals surface area contributed by atoms with Crippen molar-refractivity contribution in [2.45, 2.75) is 19.4 Å². The molecule has 2 heterocycles. The Balaban J connectivity index is 1.47. The fourth-order valence-electron chi connectivity index (χ4n) is 4.15. The highest BCUT2D eigenvalue weighted by Crippen LogP contribution is 2.35. The number of hydrogen-bond acceptors (Lipinski definition) is 5. The van der Waals surface area contributed by atoms with E-state index in [-0.39, 0.29) is 6.04 Å². The number of nitrogens with zero attached hydrogens (tertiary/aromatic N) is 2. The Morgan fingerprint density at radius 3 is 2.62 bits per heavy atom. The van der Waals surface area contributed by atoms with E-state index >= 15 is 0 Å². The van der Waals surface area contributed by atoms with E-state index in [1.54, 1.807) is 6.20 Å². The van der Waals surface area contributed by atoms with Gasteiger partial charge in [-0.15, -0.1) is 0 Å². The minimum absolute atomic E-state index is 0.121. The lowest BCUT2D eigenvalue weighted by atomic mass is 9.97. The number of nitrogen functional groups attached to an aromatic ring is 1. The molecule has 6 heteroatoms. The zero-order chi connectivity index (χ0) is 23.5. The molecule has 0 amide bonds. The Morgan fingerprint density at radius 1 is 0.941 bits per heavy atom. The van der Waals surface area contributed by atoms with Crippen LogP contribution in [0.2, 0.25) is 0 Å². The van der Waals surface area contributed by atoms with E-state index < -0.39 is 0 Å². The highest BCUT2D eigenvalue weighted by Gasteiger charge is 2.14. The van der Waals surface area contributed by atoms with Crippen molar-refractivity contribution in [3.63, 3.8) is 0 Å². The van der Waals surface area contributed by atoms with Crippen molar-refractivity contribution in [1.29, 1.82) is 0 Å². The van der Waals surface area contributed by atoms with Crippen molar-refractivity contribution in [2.75, 3.05) is 12.3 Å². The van der Waals surface area contributed by atoms with Crippen LogP contribution in [-0.4, -0.2) is 27.8 Å². The molecule has 1 atom stereocenters. The van der Waals surface area contributed by atoms with E-state index in [1.165, 1.54) is 5.56 Å². The number of nitrogens with two attached hydrogens (primary N) is 2. The second kappa shape index (κ2) is 9.37. The van der Waals surface area contributed by atoms with Crippen molar-refractivity contribution < 1.29 is 4.74 Å². The number of rotatable bonds is 7. The molecule has 0 unspecified atom stereocenters. The number of nitrogens with one attached hydrogen (secondary N) is 1. The SMILES string of the molecule is Cc1[nH]nc2ccc(-c3cc(OC[C@@H](N)Cc4ccccc4)cnc3-c3cccc(N)c3)cc12. The third kappa shape index (κ3) is 4.63. The first-order valence-electron chi connectivity index (χ1n) is 11.3. The van der Waals surface area contributed by atoms with E-state index in [2.05, 4.69) is 34.5 Å². The molecule has 3 aromatic carbocycles. The van der Waals surface area contributed by atoms with Gasteiger partial charge in [-0.2, -0.15) is 5.10 Å². The molecule has 0 fully saturated rings. The maximum Gasteiger partial charge on any atom is 0.138 e. The molecule has 0 radical (unpaired) electrons. The highest BCUT2D eigenvalue weighted by atomic mass is 16.5. The van der Waals surface area contributed by atoms with E-state index in [9.17, 15) is 0 Å². The molecule has 0 saturated heterocycles. The third-order valence-corrected chi connectivity index (χ3v) is 5.88. The topological polar surface area (TPSA) is 103 Å². The van der Waals surface area contributed by atoms with Gasteiger partial charge < -0.3 is 16.2 Å². The van der Waals surface area contributed by atoms with Crippen LogP contribution in [0.1, 0.15) is 11.3 Å². The molecule has 34 heavy (non-hydrogen) atoms. The standard InChI is InChI=1S/C28H27N5O/c1-18-25-14-20(10-11-27(25)33-32-18)26-15-24(16-31-28(26)21-8-5-9-22(29)13-21)34-17-23(30)12-19-6-3-2-4-7-19/h2-11,13-16,23H,12,17,29-30H2,1H3,(H,32,33)/t23-/m0/s1. The smallest absolute Gasteiger partial charge is 0.138 e. The summed E-state index contributed by atoms with van der Waals surface area (Å²) < 4.78 is 6.08. The molecule has 6 nitrogen and oxygen atoms in total. The average Bonchev–Trinajstić information content (AvgIpc) is 3.23. The van der Waals surface area contributed by atoms with E-state index in [0.29, 0.717) is 18.0 Å². The van der Waals surface area contributed by atoms with Crippen LogP contribution >= 0.6 is 0 Å². The number of anilines is 1. The van der Waals surface area contributed by atoms with Gasteiger partial charge in [-0.25, -0.2) is 0 Å². The van der Waals surface area contributed by atoms with Gasteiger partial charge in [0.05, 0.1) is 17.4 Å². The fourth-order valence-corrected chi connectivity index (χ4v) is 4.15. The van der Waals surface area contributed by atoms with Gasteiger partial charge in [0.15, 0.2) is 0 Å². The number of pyridine rings is 1. The summed E-state index contributed by atoms with van der Waals surface area (Å²) in [6.07, 6.45) is 2.50. The van der Waals surface area contributed by atoms with Gasteiger partial charge in [-0.1, -0.05) is 48.5 Å². The summed E-state index contributed by atoms with van der Waals surface area (Å²) in [5, 5.41) is 8.48. The number of aryl methyl sites for hydroxylation is 1. The summed E-state index contributed by atoms with van der Waals surface area (Å²) in [5.74, 6) is 0.676. The maximum absolute atomic E-state index is 6.34. The van der Waals surface area contributed by atoms with Gasteiger partial charge >= 0.3 is 0 Å². The Bertz CT molecular complexity index is 1430. The van der Waals surface area contributed by atoms with Crippen LogP contribution in [0, 0.1) is 6.92 Å². The number of aromatic nitrogens is 3. The summed E-state index contributed by atoms with van der Waals surface area (Å²) in [6.45, 7) is 2.41. The zero-order valence-corrected chi connectivity index (χ0v) is 19.0. The molecular weight excluding hydrogens is 422 g/mol. The Labute approximate surface area is 198 Å². The minimum Gasteiger partial charge on any atom is -0.490 e. The molecular formula is C28H27N5O. The number of aromatic amines is 1. The van der Waals surface area contributed by atoms with E-state index in [1.807, 2.05) is 61.5 Å². The Morgan fingerprint density at radius 2 is 1.79 bits per heavy atom. The van der Waals surface area contributed by atoms with Crippen molar-refractivity contribution in [3.8, 4) is 28.1 Å². The predicted octanol–water partition coefficient (Wildman–Crippen LogP) is 5.13. The molecule has 170 valence electrons. The fraction of sp³-hybridized carbons (Fsp3) is 0.143. The van der Waals surface area contributed by atoms with Gasteiger partial charge in [-0.05, 0) is 54.8 Å². The number of H-pyrrole nitrogens is 1. The first-order chi connectivity index (χ1) is 16.6. The van der Waals surface area contributed by atoms with Crippen molar-refractivity contribution in [1.82, 2.24) is 15.2 Å². The van der Waals surface area contributed by atoms with Crippen LogP contribution < -0.4 is 16.2 Å². The van der Waals surface area contributed by atoms with E-state index in [0.717, 1.165) is 45.4 Å². The van der Waals surface area contributed by atoms with Crippen molar-refractivity contribution >= 4 is 16.6 Å². The number of fused-ring (bicyclic) bond motifs is 1. The Hall–Kier alpha value is -4.16. The van der Waals surface area contributed by atoms with Gasteiger partial charge in [0, 0.05) is 33.9 Å². The van der Waals surface area contributed by atoms with Crippen LogP contribution in [0.3, 0.4) is 0 Å². The summed E-state index contributed by atoms with van der Waals surface area (Å²) in [7, 11) is 0. The number of benzene rings is 3. The molecule has 0 bridgehead atoms. The minimum atomic E-state index is -0.121. The van der Waals surface area contributed by atoms with Crippen LogP contribution in [-0.2, 0) is 6.42 Å². The van der Waals surface area contributed by atoms with Gasteiger partial charge in [0.2, 0.25) is 0 Å². The zero-order valence-electron chi connectivity index (χ0n) is 19.0. The summed E-state index contributed by atoms with van der Waals surface area (Å²) in [5.41, 5.74) is 20.0. The largest absolute Gasteiger partial charge is 0.490 e. The monoisotopic (exact) mass is 449 g/mol.